The highest BCUT2D eigenvalue weighted by molar-refractivity contribution is 9.10. The minimum atomic E-state index is 0.762. The second-order valence-electron chi connectivity index (χ2n) is 5.38. The average molecular weight is 330 g/mol. The average Bonchev–Trinajstić information content (AvgIpc) is 2.65. The quantitative estimate of drug-likeness (QED) is 0.580. The van der Waals surface area contributed by atoms with Crippen molar-refractivity contribution in [2.24, 2.45) is 5.92 Å². The van der Waals surface area contributed by atoms with Gasteiger partial charge in [0.1, 0.15) is 0 Å². The maximum Gasteiger partial charge on any atom is 0.0317 e. The van der Waals surface area contributed by atoms with Gasteiger partial charge in [0, 0.05) is 9.85 Å². The van der Waals surface area contributed by atoms with E-state index in [-0.39, 0.29) is 0 Å². The molecule has 0 spiro atoms. The largest absolute Gasteiger partial charge is 0.316 e. The van der Waals surface area contributed by atoms with E-state index in [9.17, 15) is 0 Å². The Labute approximate surface area is 123 Å². The van der Waals surface area contributed by atoms with Crippen LogP contribution in [-0.2, 0) is 0 Å². The normalized spacial score (nSPS) is 25.0. The number of hydrogen-bond acceptors (Lipinski definition) is 2. The van der Waals surface area contributed by atoms with E-state index < -0.39 is 0 Å². The minimum Gasteiger partial charge on any atom is -0.316 e. The Morgan fingerprint density at radius 1 is 1.28 bits per heavy atom. The van der Waals surface area contributed by atoms with Gasteiger partial charge in [-0.1, -0.05) is 26.2 Å². The predicted molar refractivity (Wildman–Crippen MR) is 84.5 cm³/mol. The van der Waals surface area contributed by atoms with Gasteiger partial charge in [-0.25, -0.2) is 0 Å². The van der Waals surface area contributed by atoms with Gasteiger partial charge in [0.25, 0.3) is 0 Å². The van der Waals surface area contributed by atoms with Crippen molar-refractivity contribution < 1.29 is 0 Å². The summed E-state index contributed by atoms with van der Waals surface area (Å²) >= 11 is 5.56. The molecule has 0 radical (unpaired) electrons. The van der Waals surface area contributed by atoms with Crippen LogP contribution in [0.4, 0.5) is 0 Å². The summed E-state index contributed by atoms with van der Waals surface area (Å²) in [6.07, 6.45) is 8.23. The molecule has 2 atom stereocenters. The number of halogens is 1. The van der Waals surface area contributed by atoms with Crippen molar-refractivity contribution in [2.45, 2.75) is 51.4 Å². The van der Waals surface area contributed by atoms with Crippen molar-refractivity contribution in [3.8, 4) is 0 Å². The molecule has 1 aromatic rings. The highest BCUT2D eigenvalue weighted by atomic mass is 79.9. The Morgan fingerprint density at radius 3 is 2.83 bits per heavy atom. The molecule has 0 bridgehead atoms. The number of thiophene rings is 1. The fourth-order valence-corrected chi connectivity index (χ4v) is 4.71. The zero-order chi connectivity index (χ0) is 12.8. The standard InChI is InChI=1S/C15H24BrNS/c1-2-8-17-9-12-6-4-3-5-7-13(12)14-10-18-11-15(14)16/h10-13,17H,2-9H2,1H3. The second-order valence-corrected chi connectivity index (χ2v) is 6.98. The monoisotopic (exact) mass is 329 g/mol. The number of nitrogens with one attached hydrogen (secondary N) is 1. The minimum absolute atomic E-state index is 0.762. The molecule has 2 rings (SSSR count). The second kappa shape index (κ2) is 7.66. The van der Waals surface area contributed by atoms with E-state index in [1.807, 2.05) is 11.3 Å². The predicted octanol–water partition coefficient (Wildman–Crippen LogP) is 5.17. The van der Waals surface area contributed by atoms with Gasteiger partial charge < -0.3 is 5.32 Å². The lowest BCUT2D eigenvalue weighted by Crippen LogP contribution is -2.27. The Balaban J connectivity index is 2.04. The Kier molecular flexibility index (Phi) is 6.19. The molecule has 102 valence electrons. The molecule has 2 unspecified atom stereocenters. The van der Waals surface area contributed by atoms with Gasteiger partial charge in [-0.05, 0) is 71.1 Å². The molecule has 0 aromatic carbocycles. The van der Waals surface area contributed by atoms with Crippen molar-refractivity contribution in [1.82, 2.24) is 5.32 Å². The van der Waals surface area contributed by atoms with Crippen molar-refractivity contribution in [3.05, 3.63) is 20.8 Å². The van der Waals surface area contributed by atoms with Crippen LogP contribution in [-0.4, -0.2) is 13.1 Å². The van der Waals surface area contributed by atoms with Crippen molar-refractivity contribution in [3.63, 3.8) is 0 Å². The number of hydrogen-bond donors (Lipinski definition) is 1. The van der Waals surface area contributed by atoms with E-state index in [4.69, 9.17) is 0 Å². The van der Waals surface area contributed by atoms with Crippen LogP contribution < -0.4 is 5.32 Å². The molecular weight excluding hydrogens is 306 g/mol. The Bertz CT molecular complexity index is 350. The SMILES string of the molecule is CCCNCC1CCCCCC1c1cscc1Br. The van der Waals surface area contributed by atoms with Gasteiger partial charge in [-0.2, -0.15) is 11.3 Å². The van der Waals surface area contributed by atoms with Crippen LogP contribution in [0.5, 0.6) is 0 Å². The molecule has 1 fully saturated rings. The summed E-state index contributed by atoms with van der Waals surface area (Å²) in [5, 5.41) is 8.22. The molecule has 1 nitrogen and oxygen atoms in total. The van der Waals surface area contributed by atoms with Crippen LogP contribution in [0.1, 0.15) is 56.9 Å². The highest BCUT2D eigenvalue weighted by Gasteiger charge is 2.26. The molecule has 1 heterocycles. The summed E-state index contributed by atoms with van der Waals surface area (Å²) in [6.45, 7) is 4.60. The molecule has 1 aliphatic carbocycles. The zero-order valence-corrected chi connectivity index (χ0v) is 13.7. The van der Waals surface area contributed by atoms with Gasteiger partial charge in [0.05, 0.1) is 0 Å². The van der Waals surface area contributed by atoms with Crippen LogP contribution >= 0.6 is 27.3 Å². The first-order chi connectivity index (χ1) is 8.83. The van der Waals surface area contributed by atoms with Gasteiger partial charge in [0.15, 0.2) is 0 Å². The van der Waals surface area contributed by atoms with Crippen molar-refractivity contribution in [2.75, 3.05) is 13.1 Å². The molecule has 0 amide bonds. The maximum absolute atomic E-state index is 3.73. The topological polar surface area (TPSA) is 12.0 Å². The van der Waals surface area contributed by atoms with E-state index in [0.717, 1.165) is 18.4 Å². The molecule has 18 heavy (non-hydrogen) atoms. The lowest BCUT2D eigenvalue weighted by Gasteiger charge is -2.25. The molecule has 1 saturated carbocycles. The van der Waals surface area contributed by atoms with Crippen LogP contribution in [0.2, 0.25) is 0 Å². The molecule has 1 aliphatic rings. The number of rotatable bonds is 5. The van der Waals surface area contributed by atoms with Gasteiger partial charge in [0.2, 0.25) is 0 Å². The highest BCUT2D eigenvalue weighted by Crippen LogP contribution is 2.40. The summed E-state index contributed by atoms with van der Waals surface area (Å²) < 4.78 is 1.33. The fraction of sp³-hybridized carbons (Fsp3) is 0.733. The fourth-order valence-electron chi connectivity index (χ4n) is 3.06. The first-order valence-electron chi connectivity index (χ1n) is 7.25. The smallest absolute Gasteiger partial charge is 0.0317 e. The molecule has 3 heteroatoms. The van der Waals surface area contributed by atoms with Crippen LogP contribution in [0.3, 0.4) is 0 Å². The van der Waals surface area contributed by atoms with Crippen LogP contribution in [0.25, 0.3) is 0 Å². The van der Waals surface area contributed by atoms with E-state index in [1.54, 1.807) is 5.56 Å². The third kappa shape index (κ3) is 3.82. The summed E-state index contributed by atoms with van der Waals surface area (Å²) in [5.74, 6) is 1.59. The van der Waals surface area contributed by atoms with Gasteiger partial charge in [-0.15, -0.1) is 0 Å². The lowest BCUT2D eigenvalue weighted by molar-refractivity contribution is 0.375. The summed E-state index contributed by atoms with van der Waals surface area (Å²) in [5.41, 5.74) is 1.56. The Morgan fingerprint density at radius 2 is 2.11 bits per heavy atom. The molecule has 1 aromatic heterocycles. The third-order valence-corrected chi connectivity index (χ3v) is 5.79. The molecule has 0 aliphatic heterocycles. The van der Waals surface area contributed by atoms with Crippen LogP contribution in [0, 0.1) is 5.92 Å². The van der Waals surface area contributed by atoms with Gasteiger partial charge >= 0.3 is 0 Å². The maximum atomic E-state index is 3.73. The lowest BCUT2D eigenvalue weighted by atomic mass is 9.83. The first-order valence-corrected chi connectivity index (χ1v) is 8.98. The van der Waals surface area contributed by atoms with Crippen LogP contribution in [0.15, 0.2) is 15.2 Å². The summed E-state index contributed by atoms with van der Waals surface area (Å²) in [6, 6.07) is 0. The van der Waals surface area contributed by atoms with E-state index in [0.29, 0.717) is 0 Å². The van der Waals surface area contributed by atoms with E-state index in [2.05, 4.69) is 38.9 Å². The summed E-state index contributed by atoms with van der Waals surface area (Å²) in [4.78, 5) is 0. The van der Waals surface area contributed by atoms with Gasteiger partial charge in [-0.3, -0.25) is 0 Å². The van der Waals surface area contributed by atoms with E-state index >= 15 is 0 Å². The zero-order valence-electron chi connectivity index (χ0n) is 11.3. The van der Waals surface area contributed by atoms with Crippen molar-refractivity contribution in [1.29, 1.82) is 0 Å². The Hall–Kier alpha value is 0.140. The summed E-state index contributed by atoms with van der Waals surface area (Å²) in [7, 11) is 0. The molecule has 1 N–H and O–H groups in total. The van der Waals surface area contributed by atoms with Crippen molar-refractivity contribution >= 4 is 27.3 Å². The first kappa shape index (κ1) is 14.5. The van der Waals surface area contributed by atoms with E-state index in [1.165, 1.54) is 49.5 Å². The third-order valence-electron chi connectivity index (χ3n) is 4.03. The molecule has 0 saturated heterocycles. The molecular formula is C15H24BrNS.